The topological polar surface area (TPSA) is 60.0 Å². The van der Waals surface area contributed by atoms with Gasteiger partial charge in [-0.25, -0.2) is 9.97 Å². The number of benzene rings is 1. The molecule has 4 aromatic heterocycles. The predicted molar refractivity (Wildman–Crippen MR) is 124 cm³/mol. The molecule has 154 valence electrons. The van der Waals surface area contributed by atoms with Crippen LogP contribution in [0.5, 0.6) is 0 Å². The third-order valence-electron chi connectivity index (χ3n) is 5.41. The van der Waals surface area contributed by atoms with Crippen molar-refractivity contribution in [3.05, 3.63) is 84.9 Å². The maximum Gasteiger partial charge on any atom is 0.137 e. The summed E-state index contributed by atoms with van der Waals surface area (Å²) in [6.45, 7) is 4.39. The zero-order valence-electron chi connectivity index (χ0n) is 17.8. The first-order valence-electron chi connectivity index (χ1n) is 10.4. The molecule has 0 saturated carbocycles. The van der Waals surface area contributed by atoms with Crippen LogP contribution in [0.15, 0.2) is 79.4 Å². The second kappa shape index (κ2) is 7.72. The molecule has 0 aliphatic heterocycles. The average Bonchev–Trinajstić information content (AvgIpc) is 3.40. The SMILES string of the molecule is CC(C)c1ccc(Nc2cccc(-c3cnc4cc(-c5cnn(C)c5)ccn34)n2)cc1. The molecule has 6 heteroatoms. The Morgan fingerprint density at radius 1 is 0.935 bits per heavy atom. The summed E-state index contributed by atoms with van der Waals surface area (Å²) in [7, 11) is 1.92. The molecule has 5 rings (SSSR count). The number of fused-ring (bicyclic) bond motifs is 1. The number of imidazole rings is 1. The first-order valence-corrected chi connectivity index (χ1v) is 10.4. The number of anilines is 2. The molecule has 0 spiro atoms. The van der Waals surface area contributed by atoms with Gasteiger partial charge in [0.1, 0.15) is 11.5 Å². The summed E-state index contributed by atoms with van der Waals surface area (Å²) < 4.78 is 3.86. The molecule has 0 bridgehead atoms. The van der Waals surface area contributed by atoms with Gasteiger partial charge in [0, 0.05) is 30.7 Å². The number of nitrogens with zero attached hydrogens (tertiary/aromatic N) is 5. The third kappa shape index (κ3) is 3.80. The fraction of sp³-hybridized carbons (Fsp3) is 0.160. The minimum Gasteiger partial charge on any atom is -0.340 e. The molecular weight excluding hydrogens is 384 g/mol. The van der Waals surface area contributed by atoms with Crippen molar-refractivity contribution in [1.29, 1.82) is 0 Å². The van der Waals surface area contributed by atoms with E-state index < -0.39 is 0 Å². The monoisotopic (exact) mass is 408 g/mol. The largest absolute Gasteiger partial charge is 0.340 e. The molecule has 5 aromatic rings. The van der Waals surface area contributed by atoms with E-state index in [0.717, 1.165) is 39.7 Å². The van der Waals surface area contributed by atoms with Crippen LogP contribution in [0.1, 0.15) is 25.3 Å². The fourth-order valence-corrected chi connectivity index (χ4v) is 3.67. The Balaban J connectivity index is 1.43. The van der Waals surface area contributed by atoms with Crippen LogP contribution in [0.25, 0.3) is 28.2 Å². The van der Waals surface area contributed by atoms with Crippen molar-refractivity contribution < 1.29 is 0 Å². The first-order chi connectivity index (χ1) is 15.1. The first kappa shape index (κ1) is 19.1. The van der Waals surface area contributed by atoms with Gasteiger partial charge in [0.15, 0.2) is 0 Å². The maximum absolute atomic E-state index is 4.82. The highest BCUT2D eigenvalue weighted by molar-refractivity contribution is 5.70. The van der Waals surface area contributed by atoms with Gasteiger partial charge in [0.05, 0.1) is 23.8 Å². The fourth-order valence-electron chi connectivity index (χ4n) is 3.67. The molecule has 31 heavy (non-hydrogen) atoms. The Labute approximate surface area is 181 Å². The Bertz CT molecular complexity index is 1340. The van der Waals surface area contributed by atoms with Gasteiger partial charge in [-0.2, -0.15) is 5.10 Å². The summed E-state index contributed by atoms with van der Waals surface area (Å²) in [4.78, 5) is 9.42. The second-order valence-electron chi connectivity index (χ2n) is 8.00. The highest BCUT2D eigenvalue weighted by Gasteiger charge is 2.10. The Kier molecular flexibility index (Phi) is 4.75. The Hall–Kier alpha value is -3.93. The van der Waals surface area contributed by atoms with Crippen molar-refractivity contribution >= 4 is 17.2 Å². The second-order valence-corrected chi connectivity index (χ2v) is 8.00. The lowest BCUT2D eigenvalue weighted by molar-refractivity contribution is 0.768. The number of aromatic nitrogens is 5. The van der Waals surface area contributed by atoms with E-state index in [1.807, 2.05) is 50.0 Å². The van der Waals surface area contributed by atoms with Crippen molar-refractivity contribution in [1.82, 2.24) is 24.1 Å². The number of aryl methyl sites for hydroxylation is 1. The third-order valence-corrected chi connectivity index (χ3v) is 5.41. The van der Waals surface area contributed by atoms with Gasteiger partial charge in [0.25, 0.3) is 0 Å². The maximum atomic E-state index is 4.82. The standard InChI is InChI=1S/C25H24N6/c1-17(2)18-7-9-21(10-8-18)28-24-6-4-5-22(29-24)23-15-26-25-13-19(11-12-31(23)25)20-14-27-30(3)16-20/h4-17H,1-3H3,(H,28,29). The quantitative estimate of drug-likeness (QED) is 0.407. The molecule has 0 fully saturated rings. The van der Waals surface area contributed by atoms with Gasteiger partial charge in [-0.1, -0.05) is 32.0 Å². The van der Waals surface area contributed by atoms with Gasteiger partial charge < -0.3 is 5.32 Å². The molecule has 0 aliphatic carbocycles. The van der Waals surface area contributed by atoms with Crippen LogP contribution < -0.4 is 5.32 Å². The Morgan fingerprint density at radius 3 is 2.52 bits per heavy atom. The van der Waals surface area contributed by atoms with Crippen LogP contribution in [0.2, 0.25) is 0 Å². The number of hydrogen-bond donors (Lipinski definition) is 1. The summed E-state index contributed by atoms with van der Waals surface area (Å²) in [6.07, 6.45) is 7.76. The lowest BCUT2D eigenvalue weighted by atomic mass is 10.0. The lowest BCUT2D eigenvalue weighted by Crippen LogP contribution is -1.97. The molecule has 0 aliphatic rings. The van der Waals surface area contributed by atoms with Crippen LogP contribution in [0.4, 0.5) is 11.5 Å². The minimum absolute atomic E-state index is 0.518. The van der Waals surface area contributed by atoms with Crippen molar-refractivity contribution in [2.45, 2.75) is 19.8 Å². The normalized spacial score (nSPS) is 11.4. The molecule has 0 radical (unpaired) electrons. The summed E-state index contributed by atoms with van der Waals surface area (Å²) in [5, 5.41) is 7.66. The van der Waals surface area contributed by atoms with Crippen LogP contribution in [0, 0.1) is 0 Å². The molecule has 4 heterocycles. The van der Waals surface area contributed by atoms with Gasteiger partial charge in [-0.3, -0.25) is 9.08 Å². The van der Waals surface area contributed by atoms with Gasteiger partial charge in [0.2, 0.25) is 0 Å². The molecule has 1 N–H and O–H groups in total. The van der Waals surface area contributed by atoms with E-state index in [0.29, 0.717) is 5.92 Å². The predicted octanol–water partition coefficient (Wildman–Crippen LogP) is 5.66. The van der Waals surface area contributed by atoms with E-state index in [1.54, 1.807) is 4.68 Å². The average molecular weight is 409 g/mol. The molecule has 0 unspecified atom stereocenters. The summed E-state index contributed by atoms with van der Waals surface area (Å²) in [5.74, 6) is 1.32. The van der Waals surface area contributed by atoms with E-state index in [9.17, 15) is 0 Å². The zero-order valence-corrected chi connectivity index (χ0v) is 17.8. The number of nitrogens with one attached hydrogen (secondary N) is 1. The van der Waals surface area contributed by atoms with E-state index in [1.165, 1.54) is 5.56 Å². The van der Waals surface area contributed by atoms with Crippen molar-refractivity contribution in [2.75, 3.05) is 5.32 Å². The van der Waals surface area contributed by atoms with Crippen LogP contribution in [0.3, 0.4) is 0 Å². The van der Waals surface area contributed by atoms with Gasteiger partial charge in [-0.15, -0.1) is 0 Å². The van der Waals surface area contributed by atoms with E-state index in [4.69, 9.17) is 4.98 Å². The highest BCUT2D eigenvalue weighted by atomic mass is 15.2. The van der Waals surface area contributed by atoms with Crippen molar-refractivity contribution in [3.63, 3.8) is 0 Å². The Morgan fingerprint density at radius 2 is 1.77 bits per heavy atom. The van der Waals surface area contributed by atoms with Crippen LogP contribution >= 0.6 is 0 Å². The smallest absolute Gasteiger partial charge is 0.137 e. The molecule has 0 saturated heterocycles. The van der Waals surface area contributed by atoms with Gasteiger partial charge in [-0.05, 0) is 53.4 Å². The van der Waals surface area contributed by atoms with Gasteiger partial charge >= 0.3 is 0 Å². The molecule has 6 nitrogen and oxygen atoms in total. The molecule has 0 amide bonds. The van der Waals surface area contributed by atoms with Crippen molar-refractivity contribution in [2.24, 2.45) is 7.05 Å². The lowest BCUT2D eigenvalue weighted by Gasteiger charge is -2.10. The summed E-state index contributed by atoms with van der Waals surface area (Å²) in [5.41, 5.74) is 7.20. The zero-order chi connectivity index (χ0) is 21.4. The molecule has 1 aromatic carbocycles. The number of pyridine rings is 2. The molecular formula is C25H24N6. The van der Waals surface area contributed by atoms with Crippen molar-refractivity contribution in [3.8, 4) is 22.5 Å². The molecule has 0 atom stereocenters. The van der Waals surface area contributed by atoms with E-state index >= 15 is 0 Å². The summed E-state index contributed by atoms with van der Waals surface area (Å²) in [6, 6.07) is 18.6. The van der Waals surface area contributed by atoms with Crippen LogP contribution in [-0.2, 0) is 7.05 Å². The van der Waals surface area contributed by atoms with E-state index in [-0.39, 0.29) is 0 Å². The highest BCUT2D eigenvalue weighted by Crippen LogP contribution is 2.26. The number of rotatable bonds is 5. The minimum atomic E-state index is 0.518. The summed E-state index contributed by atoms with van der Waals surface area (Å²) >= 11 is 0. The number of hydrogen-bond acceptors (Lipinski definition) is 4. The van der Waals surface area contributed by atoms with Crippen LogP contribution in [-0.4, -0.2) is 24.1 Å². The van der Waals surface area contributed by atoms with E-state index in [2.05, 4.69) is 70.0 Å².